The fourth-order valence-corrected chi connectivity index (χ4v) is 3.31. The van der Waals surface area contributed by atoms with Gasteiger partial charge < -0.3 is 14.9 Å². The Morgan fingerprint density at radius 2 is 2.08 bits per heavy atom. The molecule has 0 bridgehead atoms. The summed E-state index contributed by atoms with van der Waals surface area (Å²) in [5, 5.41) is 20.2. The predicted octanol–water partition coefficient (Wildman–Crippen LogP) is 3.34. The Kier molecular flexibility index (Phi) is 11.1. The van der Waals surface area contributed by atoms with Gasteiger partial charge in [-0.15, -0.1) is 0 Å². The molecule has 0 saturated heterocycles. The van der Waals surface area contributed by atoms with Crippen LogP contribution in [0.4, 0.5) is 0 Å². The van der Waals surface area contributed by atoms with E-state index in [2.05, 4.69) is 11.7 Å². The maximum absolute atomic E-state index is 12.1. The molecule has 0 aromatic rings. The molecule has 5 heteroatoms. The maximum Gasteiger partial charge on any atom is 0.305 e. The summed E-state index contributed by atoms with van der Waals surface area (Å²) in [5.41, 5.74) is 0. The third-order valence-corrected chi connectivity index (χ3v) is 4.93. The lowest BCUT2D eigenvalue weighted by Gasteiger charge is -2.16. The highest BCUT2D eigenvalue weighted by Gasteiger charge is 2.39. The molecule has 0 aromatic heterocycles. The van der Waals surface area contributed by atoms with Gasteiger partial charge >= 0.3 is 5.97 Å². The number of ether oxygens (including phenoxy) is 1. The highest BCUT2D eigenvalue weighted by molar-refractivity contribution is 5.84. The number of Topliss-reactive ketones (excluding diaryl/α,β-unsaturated/α-hetero) is 1. The SMILES string of the molecule is CCCCC[C@H](O)C=C[C@H]1[C@H](O)CC(=O)[C@@H]1C/C=C/CCCC(=O)OC. The monoisotopic (exact) mass is 366 g/mol. The lowest BCUT2D eigenvalue weighted by Crippen LogP contribution is -2.18. The van der Waals surface area contributed by atoms with Gasteiger partial charge in [-0.1, -0.05) is 50.5 Å². The van der Waals surface area contributed by atoms with E-state index in [1.54, 1.807) is 6.08 Å². The molecule has 0 amide bonds. The van der Waals surface area contributed by atoms with Crippen molar-refractivity contribution in [1.82, 2.24) is 0 Å². The average Bonchev–Trinajstić information content (AvgIpc) is 2.89. The first kappa shape index (κ1) is 22.6. The third-order valence-electron chi connectivity index (χ3n) is 4.93. The van der Waals surface area contributed by atoms with Gasteiger partial charge in [-0.3, -0.25) is 9.59 Å². The standard InChI is InChI=1S/C21H34O5/c1-3-4-7-10-16(22)13-14-18-17(19(23)15-20(18)24)11-8-5-6-9-12-21(25)26-2/h5,8,13-14,16-18,20,22,24H,3-4,6-7,9-12,15H2,1-2H3/b8-5+,14-13?/t16-,17+,18+,20+/m0/s1. The zero-order valence-corrected chi connectivity index (χ0v) is 16.1. The number of carbonyl (C=O) groups is 2. The molecule has 148 valence electrons. The van der Waals surface area contributed by atoms with E-state index in [1.807, 2.05) is 18.2 Å². The Morgan fingerprint density at radius 1 is 1.31 bits per heavy atom. The number of aliphatic hydroxyl groups excluding tert-OH is 2. The largest absolute Gasteiger partial charge is 0.469 e. The van der Waals surface area contributed by atoms with Crippen molar-refractivity contribution in [2.45, 2.75) is 76.9 Å². The van der Waals surface area contributed by atoms with Crippen LogP contribution in [0.5, 0.6) is 0 Å². The number of methoxy groups -OCH3 is 1. The van der Waals surface area contributed by atoms with Crippen molar-refractivity contribution in [2.75, 3.05) is 7.11 Å². The lowest BCUT2D eigenvalue weighted by atomic mass is 9.90. The van der Waals surface area contributed by atoms with Crippen molar-refractivity contribution in [3.8, 4) is 0 Å². The summed E-state index contributed by atoms with van der Waals surface area (Å²) in [7, 11) is 1.38. The van der Waals surface area contributed by atoms with Gasteiger partial charge in [-0.05, 0) is 25.7 Å². The molecule has 1 rings (SSSR count). The number of carbonyl (C=O) groups excluding carboxylic acids is 2. The summed E-state index contributed by atoms with van der Waals surface area (Å²) < 4.78 is 4.59. The number of allylic oxidation sites excluding steroid dienone is 2. The summed E-state index contributed by atoms with van der Waals surface area (Å²) in [6.45, 7) is 2.12. The van der Waals surface area contributed by atoms with E-state index in [9.17, 15) is 19.8 Å². The molecule has 0 radical (unpaired) electrons. The fourth-order valence-electron chi connectivity index (χ4n) is 3.31. The number of hydrogen-bond donors (Lipinski definition) is 2. The molecule has 1 fully saturated rings. The summed E-state index contributed by atoms with van der Waals surface area (Å²) in [6, 6.07) is 0. The minimum atomic E-state index is -0.667. The van der Waals surface area contributed by atoms with E-state index in [4.69, 9.17) is 0 Å². The second-order valence-electron chi connectivity index (χ2n) is 7.05. The number of hydrogen-bond acceptors (Lipinski definition) is 5. The topological polar surface area (TPSA) is 83.8 Å². The second kappa shape index (κ2) is 12.8. The molecule has 0 unspecified atom stereocenters. The van der Waals surface area contributed by atoms with Gasteiger partial charge in [0.2, 0.25) is 0 Å². The Bertz CT molecular complexity index is 483. The highest BCUT2D eigenvalue weighted by atomic mass is 16.5. The minimum absolute atomic E-state index is 0.0758. The molecule has 0 aliphatic heterocycles. The molecule has 4 atom stereocenters. The molecule has 1 saturated carbocycles. The first-order valence-corrected chi connectivity index (χ1v) is 9.78. The quantitative estimate of drug-likeness (QED) is 0.314. The molecule has 1 aliphatic rings. The Labute approximate surface area is 157 Å². The minimum Gasteiger partial charge on any atom is -0.469 e. The van der Waals surface area contributed by atoms with Crippen molar-refractivity contribution < 1.29 is 24.5 Å². The van der Waals surface area contributed by atoms with Gasteiger partial charge in [0, 0.05) is 24.7 Å². The number of unbranched alkanes of at least 4 members (excludes halogenated alkanes) is 3. The van der Waals surface area contributed by atoms with E-state index in [0.717, 1.165) is 32.1 Å². The normalized spacial score (nSPS) is 24.6. The maximum atomic E-state index is 12.1. The zero-order valence-electron chi connectivity index (χ0n) is 16.1. The summed E-state index contributed by atoms with van der Waals surface area (Å²) >= 11 is 0. The zero-order chi connectivity index (χ0) is 19.4. The second-order valence-corrected chi connectivity index (χ2v) is 7.05. The first-order valence-electron chi connectivity index (χ1n) is 9.78. The van der Waals surface area contributed by atoms with Gasteiger partial charge in [0.15, 0.2) is 0 Å². The van der Waals surface area contributed by atoms with Crippen molar-refractivity contribution in [3.05, 3.63) is 24.3 Å². The van der Waals surface area contributed by atoms with Gasteiger partial charge in [0.05, 0.1) is 19.3 Å². The van der Waals surface area contributed by atoms with Crippen molar-refractivity contribution in [2.24, 2.45) is 11.8 Å². The summed E-state index contributed by atoms with van der Waals surface area (Å²) in [6.07, 6.45) is 12.8. The molecule has 1 aliphatic carbocycles. The van der Waals surface area contributed by atoms with E-state index >= 15 is 0 Å². The van der Waals surface area contributed by atoms with Crippen LogP contribution in [-0.4, -0.2) is 41.3 Å². The molecule has 26 heavy (non-hydrogen) atoms. The Balaban J connectivity index is 2.46. The smallest absolute Gasteiger partial charge is 0.305 e. The fraction of sp³-hybridized carbons (Fsp3) is 0.714. The first-order chi connectivity index (χ1) is 12.5. The molecule has 0 aromatic carbocycles. The molecular weight excluding hydrogens is 332 g/mol. The molecule has 0 heterocycles. The predicted molar refractivity (Wildman–Crippen MR) is 102 cm³/mol. The van der Waals surface area contributed by atoms with Gasteiger partial charge in [-0.25, -0.2) is 0 Å². The van der Waals surface area contributed by atoms with Crippen LogP contribution < -0.4 is 0 Å². The van der Waals surface area contributed by atoms with Crippen LogP contribution in [0.1, 0.15) is 64.7 Å². The van der Waals surface area contributed by atoms with Crippen molar-refractivity contribution in [3.63, 3.8) is 0 Å². The van der Waals surface area contributed by atoms with Crippen molar-refractivity contribution >= 4 is 11.8 Å². The third kappa shape index (κ3) is 8.28. The Hall–Kier alpha value is -1.46. The number of esters is 1. The Morgan fingerprint density at radius 3 is 2.77 bits per heavy atom. The summed E-state index contributed by atoms with van der Waals surface area (Å²) in [4.78, 5) is 23.2. The van der Waals surface area contributed by atoms with Crippen LogP contribution in [0.2, 0.25) is 0 Å². The molecular formula is C21H34O5. The van der Waals surface area contributed by atoms with E-state index in [0.29, 0.717) is 19.3 Å². The van der Waals surface area contributed by atoms with E-state index in [1.165, 1.54) is 7.11 Å². The van der Waals surface area contributed by atoms with Gasteiger partial charge in [0.25, 0.3) is 0 Å². The molecule has 5 nitrogen and oxygen atoms in total. The number of aliphatic hydroxyl groups is 2. The summed E-state index contributed by atoms with van der Waals surface area (Å²) in [5.74, 6) is -0.606. The number of ketones is 1. The van der Waals surface area contributed by atoms with Crippen LogP contribution in [0, 0.1) is 11.8 Å². The van der Waals surface area contributed by atoms with E-state index < -0.39 is 12.2 Å². The highest BCUT2D eigenvalue weighted by Crippen LogP contribution is 2.33. The van der Waals surface area contributed by atoms with E-state index in [-0.39, 0.29) is 30.0 Å². The van der Waals surface area contributed by atoms with Gasteiger partial charge in [-0.2, -0.15) is 0 Å². The van der Waals surface area contributed by atoms with Crippen LogP contribution in [-0.2, 0) is 14.3 Å². The van der Waals surface area contributed by atoms with Crippen LogP contribution >= 0.6 is 0 Å². The average molecular weight is 366 g/mol. The number of rotatable bonds is 12. The van der Waals surface area contributed by atoms with Crippen LogP contribution in [0.3, 0.4) is 0 Å². The van der Waals surface area contributed by atoms with Crippen LogP contribution in [0.15, 0.2) is 24.3 Å². The lowest BCUT2D eigenvalue weighted by molar-refractivity contribution is -0.140. The molecule has 0 spiro atoms. The molecule has 2 N–H and O–H groups in total. The van der Waals surface area contributed by atoms with Crippen molar-refractivity contribution in [1.29, 1.82) is 0 Å². The van der Waals surface area contributed by atoms with Gasteiger partial charge in [0.1, 0.15) is 5.78 Å². The van der Waals surface area contributed by atoms with Crippen LogP contribution in [0.25, 0.3) is 0 Å².